The molecule has 1 aromatic rings. The van der Waals surface area contributed by atoms with E-state index in [0.717, 1.165) is 18.5 Å². The van der Waals surface area contributed by atoms with Gasteiger partial charge in [0.1, 0.15) is 11.6 Å². The monoisotopic (exact) mass is 324 g/mol. The number of carboxylic acids is 1. The van der Waals surface area contributed by atoms with Gasteiger partial charge in [0.2, 0.25) is 0 Å². The molecule has 0 unspecified atom stereocenters. The van der Waals surface area contributed by atoms with Crippen molar-refractivity contribution >= 4 is 12.1 Å². The van der Waals surface area contributed by atoms with Crippen molar-refractivity contribution in [2.45, 2.75) is 58.1 Å². The zero-order chi connectivity index (χ0) is 17.2. The van der Waals surface area contributed by atoms with E-state index in [0.29, 0.717) is 13.1 Å². The van der Waals surface area contributed by atoms with Crippen LogP contribution in [-0.2, 0) is 9.53 Å². The highest BCUT2D eigenvalue weighted by Gasteiger charge is 2.29. The molecule has 1 N–H and O–H groups in total. The van der Waals surface area contributed by atoms with Crippen molar-refractivity contribution in [3.8, 4) is 0 Å². The maximum atomic E-state index is 12.0. The van der Waals surface area contributed by atoms with E-state index in [1.165, 1.54) is 4.68 Å². The van der Waals surface area contributed by atoms with Crippen molar-refractivity contribution in [1.29, 1.82) is 0 Å². The van der Waals surface area contributed by atoms with Crippen LogP contribution >= 0.6 is 0 Å². The zero-order valence-corrected chi connectivity index (χ0v) is 14.0. The van der Waals surface area contributed by atoms with Gasteiger partial charge in [-0.25, -0.2) is 14.3 Å². The number of hydrogen-bond acceptors (Lipinski definition) is 5. The molecule has 1 fully saturated rings. The summed E-state index contributed by atoms with van der Waals surface area (Å²) in [7, 11) is 0. The summed E-state index contributed by atoms with van der Waals surface area (Å²) < 4.78 is 6.73. The van der Waals surface area contributed by atoms with Crippen LogP contribution in [0.5, 0.6) is 0 Å². The smallest absolute Gasteiger partial charge is 0.410 e. The van der Waals surface area contributed by atoms with Crippen molar-refractivity contribution in [3.05, 3.63) is 11.9 Å². The van der Waals surface area contributed by atoms with Crippen LogP contribution in [-0.4, -0.2) is 55.8 Å². The van der Waals surface area contributed by atoms with E-state index in [1.807, 2.05) is 20.8 Å². The van der Waals surface area contributed by atoms with Gasteiger partial charge in [0, 0.05) is 25.2 Å². The summed E-state index contributed by atoms with van der Waals surface area (Å²) in [5.41, 5.74) is 0.283. The number of aromatic nitrogens is 3. The number of rotatable bonds is 3. The van der Waals surface area contributed by atoms with Gasteiger partial charge in [-0.3, -0.25) is 0 Å². The zero-order valence-electron chi connectivity index (χ0n) is 14.0. The van der Waals surface area contributed by atoms with Crippen molar-refractivity contribution < 1.29 is 19.4 Å². The van der Waals surface area contributed by atoms with Crippen molar-refractivity contribution in [3.63, 3.8) is 0 Å². The first kappa shape index (κ1) is 17.2. The van der Waals surface area contributed by atoms with Crippen LogP contribution < -0.4 is 0 Å². The minimum Gasteiger partial charge on any atom is -0.480 e. The fourth-order valence-electron chi connectivity index (χ4n) is 2.46. The minimum atomic E-state index is -0.943. The normalized spacial score (nSPS) is 17.8. The van der Waals surface area contributed by atoms with Crippen LogP contribution in [0.2, 0.25) is 0 Å². The molecule has 2 rings (SSSR count). The molecule has 0 radical (unpaired) electrons. The van der Waals surface area contributed by atoms with Gasteiger partial charge < -0.3 is 14.7 Å². The van der Waals surface area contributed by atoms with E-state index in [2.05, 4.69) is 10.3 Å². The fourth-order valence-corrected chi connectivity index (χ4v) is 2.46. The molecule has 0 bridgehead atoms. The standard InChI is InChI=1S/C15H24N4O4/c1-10(13(20)21)19-9-12(16-17-19)11-5-7-18(8-6-11)14(22)23-15(2,3)4/h9-11H,5-8H2,1-4H3,(H,20,21)/t10-/m0/s1. The van der Waals surface area contributed by atoms with Crippen LogP contribution in [0.15, 0.2) is 6.20 Å². The second-order valence-corrected chi connectivity index (χ2v) is 6.88. The number of carbonyl (C=O) groups is 2. The molecule has 1 aliphatic heterocycles. The average molecular weight is 324 g/mol. The molecule has 128 valence electrons. The number of piperidine rings is 1. The molecule has 0 saturated carbocycles. The predicted molar refractivity (Wildman–Crippen MR) is 82.2 cm³/mol. The molecule has 1 atom stereocenters. The number of amides is 1. The maximum absolute atomic E-state index is 12.0. The highest BCUT2D eigenvalue weighted by molar-refractivity contribution is 5.71. The Balaban J connectivity index is 1.92. The molecule has 1 amide bonds. The van der Waals surface area contributed by atoms with E-state index in [1.54, 1.807) is 18.0 Å². The Bertz CT molecular complexity index is 570. The number of nitrogens with zero attached hydrogens (tertiary/aromatic N) is 4. The largest absolute Gasteiger partial charge is 0.480 e. The Morgan fingerprint density at radius 1 is 1.35 bits per heavy atom. The first-order chi connectivity index (χ1) is 10.7. The first-order valence-electron chi connectivity index (χ1n) is 7.80. The molecule has 0 aromatic carbocycles. The lowest BCUT2D eigenvalue weighted by atomic mass is 9.94. The number of aliphatic carboxylic acids is 1. The third-order valence-electron chi connectivity index (χ3n) is 3.85. The molecule has 1 saturated heterocycles. The lowest BCUT2D eigenvalue weighted by Gasteiger charge is -2.32. The number of hydrogen-bond donors (Lipinski definition) is 1. The Hall–Kier alpha value is -2.12. The summed E-state index contributed by atoms with van der Waals surface area (Å²) in [5, 5.41) is 17.0. The lowest BCUT2D eigenvalue weighted by molar-refractivity contribution is -0.140. The Kier molecular flexibility index (Phi) is 4.91. The van der Waals surface area contributed by atoms with Crippen LogP contribution in [0.25, 0.3) is 0 Å². The molecule has 1 aromatic heterocycles. The molecular formula is C15H24N4O4. The van der Waals surface area contributed by atoms with Gasteiger partial charge in [-0.1, -0.05) is 5.21 Å². The summed E-state index contributed by atoms with van der Waals surface area (Å²) in [4.78, 5) is 24.7. The third-order valence-corrected chi connectivity index (χ3v) is 3.85. The molecule has 0 aliphatic carbocycles. The Labute approximate surface area is 135 Å². The second kappa shape index (κ2) is 6.55. The lowest BCUT2D eigenvalue weighted by Crippen LogP contribution is -2.41. The Morgan fingerprint density at radius 3 is 2.48 bits per heavy atom. The van der Waals surface area contributed by atoms with E-state index < -0.39 is 17.6 Å². The Morgan fingerprint density at radius 2 is 1.96 bits per heavy atom. The molecule has 2 heterocycles. The number of likely N-dealkylation sites (tertiary alicyclic amines) is 1. The number of carbonyl (C=O) groups excluding carboxylic acids is 1. The maximum Gasteiger partial charge on any atom is 0.410 e. The summed E-state index contributed by atoms with van der Waals surface area (Å²) in [6, 6.07) is -0.738. The van der Waals surface area contributed by atoms with E-state index >= 15 is 0 Å². The van der Waals surface area contributed by atoms with Gasteiger partial charge in [0.05, 0.1) is 5.69 Å². The number of ether oxygens (including phenoxy) is 1. The molecular weight excluding hydrogens is 300 g/mol. The summed E-state index contributed by atoms with van der Waals surface area (Å²) >= 11 is 0. The number of carboxylic acid groups (broad SMARTS) is 1. The van der Waals surface area contributed by atoms with Crippen LogP contribution in [0.1, 0.15) is 58.2 Å². The van der Waals surface area contributed by atoms with Gasteiger partial charge in [-0.05, 0) is 40.5 Å². The molecule has 1 aliphatic rings. The second-order valence-electron chi connectivity index (χ2n) is 6.88. The van der Waals surface area contributed by atoms with Gasteiger partial charge in [0.25, 0.3) is 0 Å². The van der Waals surface area contributed by atoms with E-state index in [9.17, 15) is 9.59 Å². The summed E-state index contributed by atoms with van der Waals surface area (Å²) in [6.07, 6.45) is 2.92. The SMILES string of the molecule is C[C@@H](C(=O)O)n1cc(C2CCN(C(=O)OC(C)(C)C)CC2)nn1. The van der Waals surface area contributed by atoms with E-state index in [-0.39, 0.29) is 12.0 Å². The molecule has 8 heteroatoms. The first-order valence-corrected chi connectivity index (χ1v) is 7.80. The summed E-state index contributed by atoms with van der Waals surface area (Å²) in [5.74, 6) is -0.760. The van der Waals surface area contributed by atoms with Gasteiger partial charge in [-0.2, -0.15) is 0 Å². The third kappa shape index (κ3) is 4.43. The van der Waals surface area contributed by atoms with Crippen LogP contribution in [0.4, 0.5) is 4.79 Å². The fraction of sp³-hybridized carbons (Fsp3) is 0.733. The van der Waals surface area contributed by atoms with Gasteiger partial charge in [-0.15, -0.1) is 5.10 Å². The quantitative estimate of drug-likeness (QED) is 0.913. The van der Waals surface area contributed by atoms with Gasteiger partial charge in [0.15, 0.2) is 0 Å². The molecule has 8 nitrogen and oxygen atoms in total. The van der Waals surface area contributed by atoms with Crippen molar-refractivity contribution in [1.82, 2.24) is 19.9 Å². The van der Waals surface area contributed by atoms with Gasteiger partial charge >= 0.3 is 12.1 Å². The molecule has 0 spiro atoms. The van der Waals surface area contributed by atoms with E-state index in [4.69, 9.17) is 9.84 Å². The topological polar surface area (TPSA) is 97.5 Å². The predicted octanol–water partition coefficient (Wildman–Crippen LogP) is 2.04. The summed E-state index contributed by atoms with van der Waals surface area (Å²) in [6.45, 7) is 8.30. The van der Waals surface area contributed by atoms with Crippen LogP contribution in [0, 0.1) is 0 Å². The highest BCUT2D eigenvalue weighted by atomic mass is 16.6. The van der Waals surface area contributed by atoms with Crippen LogP contribution in [0.3, 0.4) is 0 Å². The van der Waals surface area contributed by atoms with Crippen molar-refractivity contribution in [2.75, 3.05) is 13.1 Å². The average Bonchev–Trinajstić information content (AvgIpc) is 2.94. The highest BCUT2D eigenvalue weighted by Crippen LogP contribution is 2.27. The van der Waals surface area contributed by atoms with Crippen molar-refractivity contribution in [2.24, 2.45) is 0 Å². The molecule has 23 heavy (non-hydrogen) atoms. The minimum absolute atomic E-state index is 0.184.